The summed E-state index contributed by atoms with van der Waals surface area (Å²) in [6.07, 6.45) is 2.04. The lowest BCUT2D eigenvalue weighted by Gasteiger charge is -2.32. The Balaban J connectivity index is 1.81. The highest BCUT2D eigenvalue weighted by molar-refractivity contribution is 6.43. The van der Waals surface area contributed by atoms with Gasteiger partial charge in [-0.25, -0.2) is 0 Å². The van der Waals surface area contributed by atoms with Crippen molar-refractivity contribution in [3.63, 3.8) is 0 Å². The smallest absolute Gasteiger partial charge is 0.260 e. The second-order valence-corrected chi connectivity index (χ2v) is 6.84. The minimum Gasteiger partial charge on any atom is -0.482 e. The van der Waals surface area contributed by atoms with E-state index in [1.165, 1.54) is 12.1 Å². The average molecular weight is 380 g/mol. The molecule has 0 atom stereocenters. The number of hydrogen-bond acceptors (Lipinski definition) is 3. The van der Waals surface area contributed by atoms with Crippen molar-refractivity contribution in [1.82, 2.24) is 10.2 Å². The highest BCUT2D eigenvalue weighted by atomic mass is 35.5. The zero-order valence-corrected chi connectivity index (χ0v) is 15.3. The Morgan fingerprint density at radius 3 is 2.52 bits per heavy atom. The summed E-state index contributed by atoms with van der Waals surface area (Å²) in [7, 11) is 0. The van der Waals surface area contributed by atoms with Crippen molar-refractivity contribution in [2.75, 3.05) is 32.8 Å². The van der Waals surface area contributed by atoms with Crippen LogP contribution in [-0.2, 0) is 4.79 Å². The third-order valence-electron chi connectivity index (χ3n) is 3.98. The lowest BCUT2D eigenvalue weighted by atomic mass is 9.97. The molecule has 2 rings (SSSR count). The maximum absolute atomic E-state index is 12.2. The van der Waals surface area contributed by atoms with Crippen LogP contribution in [0.15, 0.2) is 12.1 Å². The summed E-state index contributed by atoms with van der Waals surface area (Å²) in [5, 5.41) is 4.41. The fraction of sp³-hybridized carbons (Fsp3) is 0.562. The fourth-order valence-corrected chi connectivity index (χ4v) is 3.17. The van der Waals surface area contributed by atoms with Gasteiger partial charge in [0.25, 0.3) is 5.91 Å². The Morgan fingerprint density at radius 2 is 1.87 bits per heavy atom. The van der Waals surface area contributed by atoms with Gasteiger partial charge in [0.05, 0.1) is 15.1 Å². The number of nitrogens with zero attached hydrogens (tertiary/aromatic N) is 1. The SMILES string of the molecule is CCNCC1CCN(C(=O)COc2cc(Cl)c(Cl)cc2Cl)CC1. The van der Waals surface area contributed by atoms with Crippen molar-refractivity contribution < 1.29 is 9.53 Å². The van der Waals surface area contributed by atoms with Crippen LogP contribution in [0.25, 0.3) is 0 Å². The molecule has 0 aliphatic carbocycles. The Bertz CT molecular complexity index is 546. The van der Waals surface area contributed by atoms with E-state index >= 15 is 0 Å². The Kier molecular flexibility index (Phi) is 7.28. The molecule has 128 valence electrons. The summed E-state index contributed by atoms with van der Waals surface area (Å²) in [5.41, 5.74) is 0. The lowest BCUT2D eigenvalue weighted by molar-refractivity contribution is -0.134. The summed E-state index contributed by atoms with van der Waals surface area (Å²) >= 11 is 17.8. The first-order valence-electron chi connectivity index (χ1n) is 7.77. The summed E-state index contributed by atoms with van der Waals surface area (Å²) in [6.45, 7) is 5.60. The van der Waals surface area contributed by atoms with Crippen molar-refractivity contribution in [2.24, 2.45) is 5.92 Å². The van der Waals surface area contributed by atoms with Crippen LogP contribution in [0.3, 0.4) is 0 Å². The molecule has 0 radical (unpaired) electrons. The first-order chi connectivity index (χ1) is 11.0. The van der Waals surface area contributed by atoms with Crippen LogP contribution in [0.2, 0.25) is 15.1 Å². The zero-order chi connectivity index (χ0) is 16.8. The standard InChI is InChI=1S/C16H21Cl3N2O2/c1-2-20-9-11-3-5-21(6-4-11)16(22)10-23-15-8-13(18)12(17)7-14(15)19/h7-8,11,20H,2-6,9-10H2,1H3. The molecule has 4 nitrogen and oxygen atoms in total. The molecule has 7 heteroatoms. The van der Waals surface area contributed by atoms with E-state index < -0.39 is 0 Å². The summed E-state index contributed by atoms with van der Waals surface area (Å²) < 4.78 is 5.50. The van der Waals surface area contributed by atoms with Crippen LogP contribution in [-0.4, -0.2) is 43.6 Å². The Morgan fingerprint density at radius 1 is 1.22 bits per heavy atom. The number of carbonyl (C=O) groups is 1. The van der Waals surface area contributed by atoms with Crippen LogP contribution in [0.5, 0.6) is 5.75 Å². The third kappa shape index (κ3) is 5.42. The molecule has 1 N–H and O–H groups in total. The molecule has 1 saturated heterocycles. The van der Waals surface area contributed by atoms with E-state index in [9.17, 15) is 4.79 Å². The number of rotatable bonds is 6. The van der Waals surface area contributed by atoms with Gasteiger partial charge in [0.1, 0.15) is 5.75 Å². The molecule has 1 fully saturated rings. The lowest BCUT2D eigenvalue weighted by Crippen LogP contribution is -2.42. The second kappa shape index (κ2) is 8.97. The molecule has 1 aromatic carbocycles. The summed E-state index contributed by atoms with van der Waals surface area (Å²) in [4.78, 5) is 14.1. The quantitative estimate of drug-likeness (QED) is 0.763. The monoisotopic (exact) mass is 378 g/mol. The molecular formula is C16H21Cl3N2O2. The van der Waals surface area contributed by atoms with E-state index in [0.717, 1.165) is 39.0 Å². The van der Waals surface area contributed by atoms with Crippen molar-refractivity contribution in [1.29, 1.82) is 0 Å². The normalized spacial score (nSPS) is 15.7. The maximum Gasteiger partial charge on any atom is 0.260 e. The van der Waals surface area contributed by atoms with E-state index in [0.29, 0.717) is 26.7 Å². The van der Waals surface area contributed by atoms with Crippen LogP contribution < -0.4 is 10.1 Å². The number of carbonyl (C=O) groups excluding carboxylic acids is 1. The fourth-order valence-electron chi connectivity index (χ4n) is 2.58. The van der Waals surface area contributed by atoms with Gasteiger partial charge in [-0.2, -0.15) is 0 Å². The predicted octanol–water partition coefficient (Wildman–Crippen LogP) is 3.87. The maximum atomic E-state index is 12.2. The Labute approximate surface area is 152 Å². The van der Waals surface area contributed by atoms with Crippen molar-refractivity contribution in [3.8, 4) is 5.75 Å². The van der Waals surface area contributed by atoms with Crippen molar-refractivity contribution >= 4 is 40.7 Å². The molecule has 0 bridgehead atoms. The number of nitrogens with one attached hydrogen (secondary N) is 1. The van der Waals surface area contributed by atoms with Gasteiger partial charge in [0, 0.05) is 19.2 Å². The molecule has 0 unspecified atom stereocenters. The second-order valence-electron chi connectivity index (χ2n) is 5.62. The van der Waals surface area contributed by atoms with Crippen LogP contribution in [0.1, 0.15) is 19.8 Å². The molecule has 23 heavy (non-hydrogen) atoms. The van der Waals surface area contributed by atoms with E-state index in [1.54, 1.807) is 0 Å². The van der Waals surface area contributed by atoms with Gasteiger partial charge in [0.15, 0.2) is 6.61 Å². The topological polar surface area (TPSA) is 41.6 Å². The molecule has 0 spiro atoms. The first kappa shape index (κ1) is 18.7. The van der Waals surface area contributed by atoms with Gasteiger partial charge in [-0.15, -0.1) is 0 Å². The van der Waals surface area contributed by atoms with Gasteiger partial charge in [-0.05, 0) is 37.9 Å². The number of piperidine rings is 1. The zero-order valence-electron chi connectivity index (χ0n) is 13.1. The molecule has 1 aliphatic rings. The molecule has 1 aromatic rings. The van der Waals surface area contributed by atoms with Crippen LogP contribution in [0, 0.1) is 5.92 Å². The van der Waals surface area contributed by atoms with E-state index in [1.807, 2.05) is 4.90 Å². The van der Waals surface area contributed by atoms with Crippen LogP contribution >= 0.6 is 34.8 Å². The molecular weight excluding hydrogens is 359 g/mol. The van der Waals surface area contributed by atoms with E-state index in [-0.39, 0.29) is 12.5 Å². The predicted molar refractivity (Wildman–Crippen MR) is 94.8 cm³/mol. The van der Waals surface area contributed by atoms with Gasteiger partial charge < -0.3 is 15.0 Å². The average Bonchev–Trinajstić information content (AvgIpc) is 2.55. The third-order valence-corrected chi connectivity index (χ3v) is 4.99. The summed E-state index contributed by atoms with van der Waals surface area (Å²) in [6, 6.07) is 3.04. The first-order valence-corrected chi connectivity index (χ1v) is 8.90. The molecule has 1 heterocycles. The van der Waals surface area contributed by atoms with E-state index in [4.69, 9.17) is 39.5 Å². The van der Waals surface area contributed by atoms with Gasteiger partial charge in [-0.1, -0.05) is 41.7 Å². The number of likely N-dealkylation sites (tertiary alicyclic amines) is 1. The van der Waals surface area contributed by atoms with Crippen molar-refractivity contribution in [2.45, 2.75) is 19.8 Å². The number of ether oxygens (including phenoxy) is 1. The molecule has 0 aromatic heterocycles. The molecule has 1 aliphatic heterocycles. The van der Waals surface area contributed by atoms with Gasteiger partial charge in [-0.3, -0.25) is 4.79 Å². The minimum absolute atomic E-state index is 0.0333. The van der Waals surface area contributed by atoms with Crippen molar-refractivity contribution in [3.05, 3.63) is 27.2 Å². The van der Waals surface area contributed by atoms with Gasteiger partial charge >= 0.3 is 0 Å². The van der Waals surface area contributed by atoms with Crippen LogP contribution in [0.4, 0.5) is 0 Å². The largest absolute Gasteiger partial charge is 0.482 e. The number of halogens is 3. The molecule has 1 amide bonds. The highest BCUT2D eigenvalue weighted by Crippen LogP contribution is 2.33. The summed E-state index contributed by atoms with van der Waals surface area (Å²) in [5.74, 6) is 0.981. The molecule has 0 saturated carbocycles. The number of amides is 1. The van der Waals surface area contributed by atoms with Gasteiger partial charge in [0.2, 0.25) is 0 Å². The minimum atomic E-state index is -0.0461. The highest BCUT2D eigenvalue weighted by Gasteiger charge is 2.23. The number of benzene rings is 1. The number of hydrogen-bond donors (Lipinski definition) is 1. The Hall–Kier alpha value is -0.680. The van der Waals surface area contributed by atoms with E-state index in [2.05, 4.69) is 12.2 Å².